The largest absolute Gasteiger partial charge is 0.481 e. The minimum Gasteiger partial charge on any atom is -0.481 e. The Morgan fingerprint density at radius 3 is 2.21 bits per heavy atom. The summed E-state index contributed by atoms with van der Waals surface area (Å²) in [6.45, 7) is 0. The lowest BCUT2D eigenvalue weighted by Gasteiger charge is -2.27. The van der Waals surface area contributed by atoms with Crippen LogP contribution in [0.5, 0.6) is 0 Å². The fraction of sp³-hybridized carbons (Fsp3) is 0.222. The molecule has 1 atom stereocenters. The van der Waals surface area contributed by atoms with Gasteiger partial charge in [-0.3, -0.25) is 24.0 Å². The van der Waals surface area contributed by atoms with Crippen molar-refractivity contribution in [2.75, 3.05) is 7.11 Å². The normalized spacial score (nSPS) is 20.2. The molecule has 0 saturated heterocycles. The van der Waals surface area contributed by atoms with E-state index in [1.165, 1.54) is 24.3 Å². The van der Waals surface area contributed by atoms with Gasteiger partial charge in [-0.25, -0.2) is 4.79 Å². The van der Waals surface area contributed by atoms with Gasteiger partial charge in [-0.1, -0.05) is 24.3 Å². The molecule has 0 aromatic heterocycles. The number of hydrogen-bond acceptors (Lipinski definition) is 8. The molecule has 0 saturated carbocycles. The Bertz CT molecular complexity index is 991. The monoisotopic (exact) mass is 387 g/mol. The van der Waals surface area contributed by atoms with Crippen molar-refractivity contribution in [2.45, 2.75) is 18.4 Å². The molecule has 0 fully saturated rings. The van der Waals surface area contributed by atoms with E-state index in [1.807, 2.05) is 0 Å². The molecule has 0 spiro atoms. The number of benzene rings is 1. The highest BCUT2D eigenvalue weighted by atomic mass is 16.6. The van der Waals surface area contributed by atoms with Crippen molar-refractivity contribution < 1.29 is 43.3 Å². The van der Waals surface area contributed by atoms with Gasteiger partial charge in [0.1, 0.15) is 5.70 Å². The number of carbonyl (C=O) groups excluding carboxylic acids is 5. The van der Waals surface area contributed by atoms with E-state index >= 15 is 0 Å². The molecule has 1 aromatic carbocycles. The van der Waals surface area contributed by atoms with Crippen molar-refractivity contribution in [1.29, 1.82) is 0 Å². The lowest BCUT2D eigenvalue weighted by Crippen LogP contribution is -2.54. The maximum atomic E-state index is 13.0. The summed E-state index contributed by atoms with van der Waals surface area (Å²) in [5, 5.41) is 10.8. The first-order valence-corrected chi connectivity index (χ1v) is 8.00. The third-order valence-electron chi connectivity index (χ3n) is 4.31. The first kappa shape index (κ1) is 19.0. The zero-order valence-corrected chi connectivity index (χ0v) is 14.4. The van der Waals surface area contributed by atoms with Crippen LogP contribution in [0.2, 0.25) is 0 Å². The Kier molecular flexibility index (Phi) is 4.55. The molecular weight excluding hydrogens is 374 g/mol. The molecule has 0 radical (unpaired) electrons. The second kappa shape index (κ2) is 6.72. The number of fused-ring (bicyclic) bond motifs is 1. The van der Waals surface area contributed by atoms with E-state index in [2.05, 4.69) is 10.1 Å². The van der Waals surface area contributed by atoms with Crippen molar-refractivity contribution in [3.05, 3.63) is 46.7 Å². The van der Waals surface area contributed by atoms with Gasteiger partial charge in [0.25, 0.3) is 5.91 Å². The van der Waals surface area contributed by atoms with Gasteiger partial charge in [-0.15, -0.1) is 0 Å². The third kappa shape index (κ3) is 2.66. The number of methoxy groups -OCH3 is 1. The predicted molar refractivity (Wildman–Crippen MR) is 88.0 cm³/mol. The number of amides is 1. The molecule has 144 valence electrons. The molecule has 1 heterocycles. The third-order valence-corrected chi connectivity index (χ3v) is 4.31. The molecule has 1 aromatic rings. The Hall–Kier alpha value is -3.82. The molecule has 1 unspecified atom stereocenters. The van der Waals surface area contributed by atoms with Crippen molar-refractivity contribution in [3.63, 3.8) is 0 Å². The number of rotatable bonds is 5. The molecule has 10 nitrogen and oxygen atoms in total. The SMILES string of the molecule is COC(=O)C1(OC(=O)CCC(=O)O)C(=O)NC2=C1C(=O)c1ccccc1C2=O. The van der Waals surface area contributed by atoms with Crippen LogP contribution in [0.25, 0.3) is 0 Å². The molecular formula is C18H13NO9. The molecule has 1 amide bonds. The van der Waals surface area contributed by atoms with Crippen LogP contribution in [-0.2, 0) is 28.7 Å². The number of hydrogen-bond donors (Lipinski definition) is 2. The highest BCUT2D eigenvalue weighted by Crippen LogP contribution is 2.39. The lowest BCUT2D eigenvalue weighted by molar-refractivity contribution is -0.179. The topological polar surface area (TPSA) is 153 Å². The van der Waals surface area contributed by atoms with E-state index < -0.39 is 65.1 Å². The second-order valence-electron chi connectivity index (χ2n) is 5.95. The van der Waals surface area contributed by atoms with Crippen LogP contribution in [0, 0.1) is 0 Å². The van der Waals surface area contributed by atoms with Gasteiger partial charge in [0, 0.05) is 11.1 Å². The summed E-state index contributed by atoms with van der Waals surface area (Å²) in [7, 11) is 0.907. The molecule has 0 bridgehead atoms. The number of allylic oxidation sites excluding steroid dienone is 1. The van der Waals surface area contributed by atoms with Crippen LogP contribution < -0.4 is 5.32 Å². The Morgan fingerprint density at radius 2 is 1.64 bits per heavy atom. The summed E-state index contributed by atoms with van der Waals surface area (Å²) in [6, 6.07) is 5.71. The second-order valence-corrected chi connectivity index (χ2v) is 5.95. The molecule has 10 heteroatoms. The maximum Gasteiger partial charge on any atom is 0.365 e. The number of Topliss-reactive ketones (excluding diaryl/α,β-unsaturated/α-hetero) is 2. The highest BCUT2D eigenvalue weighted by molar-refractivity contribution is 6.36. The number of aliphatic carboxylic acids is 1. The van der Waals surface area contributed by atoms with E-state index in [0.717, 1.165) is 7.11 Å². The summed E-state index contributed by atoms with van der Waals surface area (Å²) in [4.78, 5) is 73.5. The first-order valence-electron chi connectivity index (χ1n) is 8.00. The van der Waals surface area contributed by atoms with Crippen molar-refractivity contribution in [2.24, 2.45) is 0 Å². The van der Waals surface area contributed by atoms with Crippen LogP contribution >= 0.6 is 0 Å². The predicted octanol–water partition coefficient (Wildman–Crippen LogP) is -0.231. The summed E-state index contributed by atoms with van der Waals surface area (Å²) in [6.07, 6.45) is -1.29. The zero-order chi connectivity index (χ0) is 20.6. The number of carbonyl (C=O) groups is 6. The van der Waals surface area contributed by atoms with Crippen molar-refractivity contribution in [1.82, 2.24) is 5.32 Å². The quantitative estimate of drug-likeness (QED) is 0.515. The number of ketones is 2. The number of carboxylic acid groups (broad SMARTS) is 1. The van der Waals surface area contributed by atoms with E-state index in [1.54, 1.807) is 0 Å². The standard InChI is InChI=1S/C18H13NO9/c1-27-17(26)18(28-11(22)7-6-10(20)21)12-13(19-16(18)25)15(24)9-5-3-2-4-8(9)14(12)23/h2-5H,6-7H2,1H3,(H,19,25)(H,20,21). The van der Waals surface area contributed by atoms with Crippen LogP contribution in [0.15, 0.2) is 35.5 Å². The van der Waals surface area contributed by atoms with Gasteiger partial charge in [0.15, 0.2) is 5.78 Å². The Morgan fingerprint density at radius 1 is 1.04 bits per heavy atom. The van der Waals surface area contributed by atoms with Gasteiger partial charge < -0.3 is 19.9 Å². The van der Waals surface area contributed by atoms with Gasteiger partial charge in [-0.2, -0.15) is 0 Å². The summed E-state index contributed by atoms with van der Waals surface area (Å²) < 4.78 is 9.56. The smallest absolute Gasteiger partial charge is 0.365 e. The molecule has 1 aliphatic heterocycles. The molecule has 2 N–H and O–H groups in total. The zero-order valence-electron chi connectivity index (χ0n) is 14.4. The van der Waals surface area contributed by atoms with E-state index in [9.17, 15) is 28.8 Å². The number of esters is 2. The molecule has 1 aliphatic carbocycles. The highest BCUT2D eigenvalue weighted by Gasteiger charge is 2.64. The van der Waals surface area contributed by atoms with Gasteiger partial charge in [0.05, 0.1) is 25.5 Å². The maximum absolute atomic E-state index is 13.0. The first-order chi connectivity index (χ1) is 13.2. The van der Waals surface area contributed by atoms with E-state index in [4.69, 9.17) is 9.84 Å². The van der Waals surface area contributed by atoms with Gasteiger partial charge in [-0.05, 0) is 0 Å². The van der Waals surface area contributed by atoms with Crippen molar-refractivity contribution in [3.8, 4) is 0 Å². The van der Waals surface area contributed by atoms with E-state index in [0.29, 0.717) is 0 Å². The molecule has 2 aliphatic rings. The van der Waals surface area contributed by atoms with Crippen LogP contribution in [0.3, 0.4) is 0 Å². The van der Waals surface area contributed by atoms with Crippen molar-refractivity contribution >= 4 is 35.4 Å². The van der Waals surface area contributed by atoms with Crippen LogP contribution in [0.1, 0.15) is 33.6 Å². The minimum absolute atomic E-state index is 0.0180. The minimum atomic E-state index is -2.83. The Labute approximate surface area is 157 Å². The lowest BCUT2D eigenvalue weighted by atomic mass is 9.81. The van der Waals surface area contributed by atoms with Gasteiger partial charge >= 0.3 is 23.5 Å². The average molecular weight is 387 g/mol. The number of carboxylic acids is 1. The summed E-state index contributed by atoms with van der Waals surface area (Å²) in [5.41, 5.74) is -4.02. The number of nitrogens with one attached hydrogen (secondary N) is 1. The fourth-order valence-corrected chi connectivity index (χ4v) is 3.05. The Balaban J connectivity index is 2.13. The molecule has 28 heavy (non-hydrogen) atoms. The fourth-order valence-electron chi connectivity index (χ4n) is 3.05. The van der Waals surface area contributed by atoms with Crippen LogP contribution in [0.4, 0.5) is 0 Å². The van der Waals surface area contributed by atoms with Crippen LogP contribution in [-0.4, -0.2) is 53.2 Å². The summed E-state index contributed by atoms with van der Waals surface area (Å²) >= 11 is 0. The molecule has 3 rings (SSSR count). The number of ether oxygens (including phenoxy) is 2. The average Bonchev–Trinajstić information content (AvgIpc) is 2.97. The van der Waals surface area contributed by atoms with Gasteiger partial charge in [0.2, 0.25) is 5.78 Å². The van der Waals surface area contributed by atoms with E-state index in [-0.39, 0.29) is 11.1 Å². The summed E-state index contributed by atoms with van der Waals surface area (Å²) in [5.74, 6) is -6.76.